The lowest BCUT2D eigenvalue weighted by Gasteiger charge is -1.96. The molecule has 0 aromatic carbocycles. The molecule has 0 fully saturated rings. The van der Waals surface area contributed by atoms with Crippen molar-refractivity contribution in [3.05, 3.63) is 16.5 Å². The van der Waals surface area contributed by atoms with Crippen LogP contribution in [-0.4, -0.2) is 21.0 Å². The zero-order valence-electron chi connectivity index (χ0n) is 5.28. The van der Waals surface area contributed by atoms with E-state index in [2.05, 4.69) is 25.9 Å². The highest BCUT2D eigenvalue weighted by Gasteiger charge is 2.09. The number of halogens is 1. The molecule has 6 heteroatoms. The summed E-state index contributed by atoms with van der Waals surface area (Å²) in [5.74, 6) is -1.27. The average molecular weight is 218 g/mol. The molecule has 1 heterocycles. The van der Waals surface area contributed by atoms with E-state index in [9.17, 15) is 4.79 Å². The maximum absolute atomic E-state index is 10.3. The smallest absolute Gasteiger partial charge is 0.358 e. The third-order valence-electron chi connectivity index (χ3n) is 0.973. The monoisotopic (exact) mass is 217 g/mol. The summed E-state index contributed by atoms with van der Waals surface area (Å²) in [4.78, 5) is 17.5. The van der Waals surface area contributed by atoms with E-state index in [4.69, 9.17) is 10.8 Å². The molecular weight excluding hydrogens is 214 g/mol. The molecule has 0 unspecified atom stereocenters. The molecule has 0 aliphatic carbocycles. The summed E-state index contributed by atoms with van der Waals surface area (Å²) in [7, 11) is 0. The topological polar surface area (TPSA) is 89.1 Å². The van der Waals surface area contributed by atoms with Crippen molar-refractivity contribution in [2.45, 2.75) is 0 Å². The number of nitrogen functional groups attached to an aromatic ring is 1. The second-order valence-corrected chi connectivity index (χ2v) is 2.54. The highest BCUT2D eigenvalue weighted by molar-refractivity contribution is 9.10. The van der Waals surface area contributed by atoms with Gasteiger partial charge in [-0.15, -0.1) is 0 Å². The molecule has 0 saturated carbocycles. The third kappa shape index (κ3) is 1.64. The molecule has 1 rings (SSSR count). The second kappa shape index (κ2) is 2.83. The Balaban J connectivity index is 3.20. The highest BCUT2D eigenvalue weighted by Crippen LogP contribution is 2.09. The number of rotatable bonds is 1. The van der Waals surface area contributed by atoms with Crippen LogP contribution in [0.5, 0.6) is 0 Å². The van der Waals surface area contributed by atoms with Crippen LogP contribution in [-0.2, 0) is 0 Å². The van der Waals surface area contributed by atoms with Crippen LogP contribution in [0, 0.1) is 0 Å². The Labute approximate surface area is 70.4 Å². The lowest BCUT2D eigenvalue weighted by atomic mass is 10.4. The van der Waals surface area contributed by atoms with E-state index in [0.29, 0.717) is 4.60 Å². The van der Waals surface area contributed by atoms with Gasteiger partial charge in [0.15, 0.2) is 11.5 Å². The fourth-order valence-corrected chi connectivity index (χ4v) is 0.839. The van der Waals surface area contributed by atoms with Gasteiger partial charge in [0.1, 0.15) is 4.60 Å². The average Bonchev–Trinajstić information content (AvgIpc) is 1.85. The molecule has 0 atom stereocenters. The van der Waals surface area contributed by atoms with Crippen LogP contribution in [0.1, 0.15) is 10.5 Å². The summed E-state index contributed by atoms with van der Waals surface area (Å²) < 4.78 is 0.417. The van der Waals surface area contributed by atoms with Crippen molar-refractivity contribution in [1.29, 1.82) is 0 Å². The molecule has 58 valence electrons. The fraction of sp³-hybridized carbons (Fsp3) is 0. The summed E-state index contributed by atoms with van der Waals surface area (Å²) in [5.41, 5.74) is 5.01. The molecule has 0 aliphatic heterocycles. The van der Waals surface area contributed by atoms with Gasteiger partial charge in [-0.05, 0) is 15.9 Å². The fourth-order valence-electron chi connectivity index (χ4n) is 0.546. The number of aromatic nitrogens is 2. The van der Waals surface area contributed by atoms with Crippen molar-refractivity contribution in [1.82, 2.24) is 9.97 Å². The van der Waals surface area contributed by atoms with E-state index < -0.39 is 5.97 Å². The van der Waals surface area contributed by atoms with Gasteiger partial charge >= 0.3 is 5.97 Å². The maximum atomic E-state index is 10.3. The van der Waals surface area contributed by atoms with Gasteiger partial charge in [-0.3, -0.25) is 0 Å². The van der Waals surface area contributed by atoms with E-state index in [1.807, 2.05) is 0 Å². The lowest BCUT2D eigenvalue weighted by Crippen LogP contribution is -2.07. The van der Waals surface area contributed by atoms with Gasteiger partial charge in [0, 0.05) is 0 Å². The maximum Gasteiger partial charge on any atom is 0.358 e. The SMILES string of the molecule is Nc1nc(Br)cnc1C(=O)O. The van der Waals surface area contributed by atoms with Crippen molar-refractivity contribution in [2.24, 2.45) is 0 Å². The summed E-state index contributed by atoms with van der Waals surface area (Å²) >= 11 is 3.00. The Kier molecular flexibility index (Phi) is 2.04. The first-order valence-corrected chi connectivity index (χ1v) is 3.42. The number of nitrogens with zero attached hydrogens (tertiary/aromatic N) is 2. The molecule has 5 nitrogen and oxygen atoms in total. The molecule has 0 radical (unpaired) electrons. The van der Waals surface area contributed by atoms with Gasteiger partial charge in [0.25, 0.3) is 0 Å². The number of aromatic carboxylic acids is 1. The zero-order chi connectivity index (χ0) is 8.43. The zero-order valence-corrected chi connectivity index (χ0v) is 6.87. The van der Waals surface area contributed by atoms with Gasteiger partial charge in [-0.2, -0.15) is 0 Å². The number of nitrogens with two attached hydrogens (primary N) is 1. The van der Waals surface area contributed by atoms with E-state index in [-0.39, 0.29) is 11.5 Å². The number of anilines is 1. The second-order valence-electron chi connectivity index (χ2n) is 1.73. The minimum absolute atomic E-state index is 0.0909. The molecule has 0 bridgehead atoms. The van der Waals surface area contributed by atoms with Crippen molar-refractivity contribution in [3.8, 4) is 0 Å². The number of carboxylic acids is 1. The molecule has 0 saturated heterocycles. The van der Waals surface area contributed by atoms with E-state index in [1.54, 1.807) is 0 Å². The van der Waals surface area contributed by atoms with Crippen LogP contribution in [0.15, 0.2) is 10.8 Å². The Morgan fingerprint density at radius 3 is 2.82 bits per heavy atom. The standard InChI is InChI=1S/C5H4BrN3O2/c6-2-1-8-3(5(10)11)4(7)9-2/h1H,(H2,7,9)(H,10,11). The van der Waals surface area contributed by atoms with E-state index >= 15 is 0 Å². The molecule has 3 N–H and O–H groups in total. The molecule has 1 aromatic heterocycles. The minimum atomic E-state index is -1.18. The predicted octanol–water partition coefficient (Wildman–Crippen LogP) is 0.519. The first-order chi connectivity index (χ1) is 5.11. The number of carboxylic acid groups (broad SMARTS) is 1. The van der Waals surface area contributed by atoms with Crippen molar-refractivity contribution in [2.75, 3.05) is 5.73 Å². The van der Waals surface area contributed by atoms with E-state index in [0.717, 1.165) is 0 Å². The Morgan fingerprint density at radius 2 is 2.36 bits per heavy atom. The predicted molar refractivity (Wildman–Crippen MR) is 41.1 cm³/mol. The molecule has 0 aliphatic rings. The third-order valence-corrected chi connectivity index (χ3v) is 1.35. The Morgan fingerprint density at radius 1 is 1.73 bits per heavy atom. The van der Waals surface area contributed by atoms with Gasteiger partial charge in [0.05, 0.1) is 6.20 Å². The molecule has 0 amide bonds. The minimum Gasteiger partial charge on any atom is -0.476 e. The molecule has 0 spiro atoms. The van der Waals surface area contributed by atoms with Gasteiger partial charge in [0.2, 0.25) is 0 Å². The van der Waals surface area contributed by atoms with Gasteiger partial charge in [-0.25, -0.2) is 14.8 Å². The number of hydrogen-bond acceptors (Lipinski definition) is 4. The Bertz CT molecular complexity index is 302. The van der Waals surface area contributed by atoms with Crippen molar-refractivity contribution >= 4 is 27.7 Å². The molecular formula is C5H4BrN3O2. The van der Waals surface area contributed by atoms with Crippen LogP contribution in [0.3, 0.4) is 0 Å². The van der Waals surface area contributed by atoms with Crippen LogP contribution < -0.4 is 5.73 Å². The summed E-state index contributed by atoms with van der Waals surface area (Å²) in [6.45, 7) is 0. The van der Waals surface area contributed by atoms with E-state index in [1.165, 1.54) is 6.20 Å². The highest BCUT2D eigenvalue weighted by atomic mass is 79.9. The first-order valence-electron chi connectivity index (χ1n) is 2.62. The normalized spacial score (nSPS) is 9.55. The quantitative estimate of drug-likeness (QED) is 0.717. The summed E-state index contributed by atoms with van der Waals surface area (Å²) in [6, 6.07) is 0. The molecule has 1 aromatic rings. The number of carbonyl (C=O) groups is 1. The van der Waals surface area contributed by atoms with Crippen LogP contribution in [0.4, 0.5) is 5.82 Å². The summed E-state index contributed by atoms with van der Waals surface area (Å²) in [6.07, 6.45) is 1.28. The number of hydrogen-bond donors (Lipinski definition) is 2. The van der Waals surface area contributed by atoms with Crippen LogP contribution in [0.2, 0.25) is 0 Å². The van der Waals surface area contributed by atoms with Crippen molar-refractivity contribution < 1.29 is 9.90 Å². The van der Waals surface area contributed by atoms with Gasteiger partial charge in [-0.1, -0.05) is 0 Å². The van der Waals surface area contributed by atoms with Gasteiger partial charge < -0.3 is 10.8 Å². The molecule has 11 heavy (non-hydrogen) atoms. The Hall–Kier alpha value is -1.17. The van der Waals surface area contributed by atoms with Crippen LogP contribution >= 0.6 is 15.9 Å². The van der Waals surface area contributed by atoms with Crippen molar-refractivity contribution in [3.63, 3.8) is 0 Å². The first kappa shape index (κ1) is 7.93. The summed E-state index contributed by atoms with van der Waals surface area (Å²) in [5, 5.41) is 8.46. The lowest BCUT2D eigenvalue weighted by molar-refractivity contribution is 0.0691. The largest absolute Gasteiger partial charge is 0.476 e. The van der Waals surface area contributed by atoms with Crippen LogP contribution in [0.25, 0.3) is 0 Å².